The van der Waals surface area contributed by atoms with Crippen LogP contribution in [0.5, 0.6) is 0 Å². The van der Waals surface area contributed by atoms with E-state index in [1.807, 2.05) is 0 Å². The van der Waals surface area contributed by atoms with Gasteiger partial charge < -0.3 is 32.5 Å². The van der Waals surface area contributed by atoms with Gasteiger partial charge in [-0.2, -0.15) is 0 Å². The maximum Gasteiger partial charge on any atom is 0.320 e. The van der Waals surface area contributed by atoms with E-state index < -0.39 is 30.0 Å². The van der Waals surface area contributed by atoms with Crippen molar-refractivity contribution < 1.29 is 29.7 Å². The fourth-order valence-electron chi connectivity index (χ4n) is 0.409. The van der Waals surface area contributed by atoms with Crippen molar-refractivity contribution in [1.29, 1.82) is 0 Å². The Hall–Kier alpha value is -1.71. The summed E-state index contributed by atoms with van der Waals surface area (Å²) in [5.41, 5.74) is 14.8. The fraction of sp³-hybridized carbons (Fsp3) is 0.727. The van der Waals surface area contributed by atoms with E-state index in [2.05, 4.69) is 0 Å². The lowest BCUT2D eigenvalue weighted by Gasteiger charge is -2.07. The lowest BCUT2D eigenvalue weighted by atomic mass is 10.1. The van der Waals surface area contributed by atoms with E-state index >= 15 is 0 Å². The predicted octanol–water partition coefficient (Wildman–Crippen LogP) is -1.11. The van der Waals surface area contributed by atoms with Crippen molar-refractivity contribution in [3.8, 4) is 0 Å². The number of carboxylic acids is 3. The van der Waals surface area contributed by atoms with Gasteiger partial charge in [0.25, 0.3) is 0 Å². The molecular weight excluding hydrogens is 270 g/mol. The summed E-state index contributed by atoms with van der Waals surface area (Å²) in [6.07, 6.45) is 0.0694. The van der Waals surface area contributed by atoms with Gasteiger partial charge in [0.1, 0.15) is 12.1 Å². The first kappa shape index (κ1) is 23.4. The Morgan fingerprint density at radius 3 is 1.30 bits per heavy atom. The van der Waals surface area contributed by atoms with Crippen LogP contribution in [0.2, 0.25) is 0 Å². The van der Waals surface area contributed by atoms with Crippen LogP contribution in [0.3, 0.4) is 0 Å². The Labute approximate surface area is 117 Å². The molecule has 2 atom stereocenters. The van der Waals surface area contributed by atoms with Crippen molar-refractivity contribution in [3.05, 3.63) is 0 Å². The van der Waals surface area contributed by atoms with E-state index in [9.17, 15) is 14.4 Å². The second-order valence-electron chi connectivity index (χ2n) is 4.17. The van der Waals surface area contributed by atoms with Crippen molar-refractivity contribution in [1.82, 2.24) is 0 Å². The molecule has 0 heterocycles. The van der Waals surface area contributed by atoms with Crippen LogP contribution in [0.15, 0.2) is 0 Å². The van der Waals surface area contributed by atoms with E-state index in [1.165, 1.54) is 6.92 Å². The highest BCUT2D eigenvalue weighted by molar-refractivity contribution is 5.73. The van der Waals surface area contributed by atoms with Gasteiger partial charge in [0.2, 0.25) is 0 Å². The molecule has 0 rings (SSSR count). The van der Waals surface area contributed by atoms with Crippen molar-refractivity contribution in [2.45, 2.75) is 39.3 Å². The monoisotopic (exact) mass is 295 g/mol. The van der Waals surface area contributed by atoms with Crippen molar-refractivity contribution >= 4 is 17.9 Å². The minimum atomic E-state index is -0.963. The van der Waals surface area contributed by atoms with E-state index in [0.29, 0.717) is 0 Å². The van der Waals surface area contributed by atoms with Crippen molar-refractivity contribution in [3.63, 3.8) is 0 Å². The molecule has 0 bridgehead atoms. The lowest BCUT2D eigenvalue weighted by molar-refractivity contribution is -0.140. The third kappa shape index (κ3) is 21.6. The molecule has 9 heteroatoms. The molecule has 20 heavy (non-hydrogen) atoms. The molecule has 9 nitrogen and oxygen atoms in total. The third-order valence-corrected chi connectivity index (χ3v) is 1.75. The second kappa shape index (κ2) is 13.7. The van der Waals surface area contributed by atoms with Gasteiger partial charge in [-0.15, -0.1) is 0 Å². The third-order valence-electron chi connectivity index (χ3n) is 1.75. The molecule has 0 aliphatic rings. The lowest BCUT2D eigenvalue weighted by Crippen LogP contribution is -2.34. The topological polar surface area (TPSA) is 190 Å². The molecule has 0 fully saturated rings. The predicted molar refractivity (Wildman–Crippen MR) is 73.0 cm³/mol. The van der Waals surface area contributed by atoms with Crippen LogP contribution in [0.1, 0.15) is 27.2 Å². The van der Waals surface area contributed by atoms with Gasteiger partial charge in [-0.3, -0.25) is 14.4 Å². The Morgan fingerprint density at radius 1 is 0.950 bits per heavy atom. The van der Waals surface area contributed by atoms with Gasteiger partial charge in [-0.05, 0) is 12.8 Å². The number of hydrogen-bond donors (Lipinski definition) is 6. The number of hydrogen-bond acceptors (Lipinski definition) is 6. The quantitative estimate of drug-likeness (QED) is 0.365. The fourth-order valence-corrected chi connectivity index (χ4v) is 0.409. The number of aliphatic carboxylic acids is 3. The first-order chi connectivity index (χ1) is 8.97. The summed E-state index contributed by atoms with van der Waals surface area (Å²) in [5.74, 6) is -2.71. The zero-order chi connectivity index (χ0) is 16.9. The molecule has 0 aromatic rings. The summed E-state index contributed by atoms with van der Waals surface area (Å²) in [4.78, 5) is 29.1. The first-order valence-corrected chi connectivity index (χ1v) is 5.85. The van der Waals surface area contributed by atoms with Crippen LogP contribution >= 0.6 is 0 Å². The summed E-state index contributed by atoms with van der Waals surface area (Å²) < 4.78 is 0. The SMILES string of the molecule is CC(C)C(N)C(=O)O.CC(N)C(=O)O.NCCC(=O)O. The van der Waals surface area contributed by atoms with Gasteiger partial charge in [0, 0.05) is 6.54 Å². The number of carbonyl (C=O) groups is 3. The van der Waals surface area contributed by atoms with E-state index in [4.69, 9.17) is 32.5 Å². The van der Waals surface area contributed by atoms with E-state index in [1.54, 1.807) is 13.8 Å². The van der Waals surface area contributed by atoms with Crippen LogP contribution in [-0.4, -0.2) is 51.9 Å². The van der Waals surface area contributed by atoms with Crippen molar-refractivity contribution in [2.75, 3.05) is 6.54 Å². The maximum atomic E-state index is 10.0. The molecule has 0 amide bonds. The van der Waals surface area contributed by atoms with E-state index in [-0.39, 0.29) is 18.9 Å². The molecule has 0 radical (unpaired) electrons. The molecule has 0 saturated heterocycles. The Bertz CT molecular complexity index is 294. The molecule has 2 unspecified atom stereocenters. The average Bonchev–Trinajstić information content (AvgIpc) is 2.28. The summed E-state index contributed by atoms with van der Waals surface area (Å²) in [5, 5.41) is 23.9. The standard InChI is InChI=1S/C5H11NO2.2C3H7NO2/c1-3(2)4(6)5(7)8;1-2(4)3(5)6;4-2-1-3(5)6/h3-4H,6H2,1-2H3,(H,7,8);2H,4H2,1H3,(H,5,6);1-2,4H2,(H,5,6). The van der Waals surface area contributed by atoms with Gasteiger partial charge in [0.05, 0.1) is 6.42 Å². The van der Waals surface area contributed by atoms with Crippen LogP contribution in [0.25, 0.3) is 0 Å². The van der Waals surface area contributed by atoms with Crippen LogP contribution in [0, 0.1) is 5.92 Å². The highest BCUT2D eigenvalue weighted by Crippen LogP contribution is 1.96. The van der Waals surface area contributed by atoms with Crippen LogP contribution < -0.4 is 17.2 Å². The smallest absolute Gasteiger partial charge is 0.320 e. The minimum absolute atomic E-state index is 0.0208. The summed E-state index contributed by atoms with van der Waals surface area (Å²) >= 11 is 0. The summed E-state index contributed by atoms with van der Waals surface area (Å²) in [6.45, 7) is 5.20. The highest BCUT2D eigenvalue weighted by Gasteiger charge is 2.14. The second-order valence-corrected chi connectivity index (χ2v) is 4.17. The van der Waals surface area contributed by atoms with Crippen LogP contribution in [-0.2, 0) is 14.4 Å². The zero-order valence-electron chi connectivity index (χ0n) is 11.9. The molecule has 0 aromatic carbocycles. The highest BCUT2D eigenvalue weighted by atomic mass is 16.4. The van der Waals surface area contributed by atoms with Gasteiger partial charge >= 0.3 is 17.9 Å². The molecule has 0 aromatic heterocycles. The normalized spacial score (nSPS) is 12.2. The maximum absolute atomic E-state index is 10.0. The Morgan fingerprint density at radius 2 is 1.30 bits per heavy atom. The molecule has 0 aliphatic carbocycles. The molecule has 0 spiro atoms. The largest absolute Gasteiger partial charge is 0.481 e. The van der Waals surface area contributed by atoms with Crippen LogP contribution in [0.4, 0.5) is 0 Å². The van der Waals surface area contributed by atoms with Gasteiger partial charge in [0.15, 0.2) is 0 Å². The van der Waals surface area contributed by atoms with Gasteiger partial charge in [-0.25, -0.2) is 0 Å². The average molecular weight is 295 g/mol. The van der Waals surface area contributed by atoms with Gasteiger partial charge in [-0.1, -0.05) is 13.8 Å². The summed E-state index contributed by atoms with van der Waals surface area (Å²) in [6, 6.07) is -1.44. The zero-order valence-corrected chi connectivity index (χ0v) is 11.9. The Kier molecular flexibility index (Phi) is 16.0. The number of rotatable bonds is 5. The van der Waals surface area contributed by atoms with E-state index in [0.717, 1.165) is 0 Å². The van der Waals surface area contributed by atoms with Crippen molar-refractivity contribution in [2.24, 2.45) is 23.1 Å². The number of carboxylic acid groups (broad SMARTS) is 3. The minimum Gasteiger partial charge on any atom is -0.481 e. The molecule has 0 aliphatic heterocycles. The molecular formula is C11H25N3O6. The number of nitrogens with two attached hydrogens (primary N) is 3. The molecule has 9 N–H and O–H groups in total. The molecule has 120 valence electrons. The summed E-state index contributed by atoms with van der Waals surface area (Å²) in [7, 11) is 0. The molecule has 0 saturated carbocycles. The first-order valence-electron chi connectivity index (χ1n) is 5.85. The Balaban J connectivity index is -0.000000221.